The Bertz CT molecular complexity index is 1180. The third kappa shape index (κ3) is 4.31. The molecule has 1 aromatic heterocycles. The molecule has 0 saturated carbocycles. The van der Waals surface area contributed by atoms with Gasteiger partial charge in [-0.05, 0) is 41.5 Å². The number of methoxy groups -OCH3 is 1. The van der Waals surface area contributed by atoms with Crippen molar-refractivity contribution in [1.82, 2.24) is 10.2 Å². The van der Waals surface area contributed by atoms with Gasteiger partial charge in [0, 0.05) is 10.9 Å². The van der Waals surface area contributed by atoms with Crippen molar-refractivity contribution in [2.45, 2.75) is 6.61 Å². The van der Waals surface area contributed by atoms with Gasteiger partial charge in [0.15, 0.2) is 5.82 Å². The molecule has 2 N–H and O–H groups in total. The van der Waals surface area contributed by atoms with E-state index in [0.717, 1.165) is 16.5 Å². The first kappa shape index (κ1) is 19.6. The van der Waals surface area contributed by atoms with Crippen LogP contribution in [0.25, 0.3) is 22.0 Å². The summed E-state index contributed by atoms with van der Waals surface area (Å²) in [6, 6.07) is 19.5. The molecular weight excluding hydrogens is 385 g/mol. The summed E-state index contributed by atoms with van der Waals surface area (Å²) >= 11 is 0. The number of hydrogen-bond donors (Lipinski definition) is 2. The smallest absolute Gasteiger partial charge is 0.251 e. The first-order valence-corrected chi connectivity index (χ1v) is 9.37. The summed E-state index contributed by atoms with van der Waals surface area (Å²) in [5, 5.41) is 10.6. The molecule has 0 saturated heterocycles. The van der Waals surface area contributed by atoms with Gasteiger partial charge in [-0.25, -0.2) is 4.39 Å². The van der Waals surface area contributed by atoms with Crippen LogP contribution in [0.15, 0.2) is 66.7 Å². The lowest BCUT2D eigenvalue weighted by molar-refractivity contribution is -0.121. The Labute approximate surface area is 172 Å². The fourth-order valence-corrected chi connectivity index (χ4v) is 3.19. The zero-order chi connectivity index (χ0) is 20.9. The second-order valence-electron chi connectivity index (χ2n) is 6.70. The molecule has 0 atom stereocenters. The molecule has 4 aromatic rings. The number of H-pyrrole nitrogens is 1. The maximum atomic E-state index is 13.7. The second kappa shape index (κ2) is 8.75. The van der Waals surface area contributed by atoms with Gasteiger partial charge in [-0.15, -0.1) is 0 Å². The van der Waals surface area contributed by atoms with Crippen LogP contribution in [-0.2, 0) is 16.1 Å². The van der Waals surface area contributed by atoms with Crippen LogP contribution >= 0.6 is 0 Å². The topological polar surface area (TPSA) is 76.2 Å². The number of halogens is 1. The number of carbonyl (C=O) groups is 1. The van der Waals surface area contributed by atoms with Crippen LogP contribution in [0.3, 0.4) is 0 Å². The lowest BCUT2D eigenvalue weighted by atomic mass is 10.0. The van der Waals surface area contributed by atoms with E-state index in [0.29, 0.717) is 29.3 Å². The molecule has 0 spiro atoms. The molecule has 3 aromatic carbocycles. The molecule has 7 heteroatoms. The van der Waals surface area contributed by atoms with Crippen molar-refractivity contribution < 1.29 is 18.7 Å². The van der Waals surface area contributed by atoms with Crippen molar-refractivity contribution in [3.63, 3.8) is 0 Å². The summed E-state index contributed by atoms with van der Waals surface area (Å²) in [7, 11) is 1.54. The number of aromatic nitrogens is 2. The third-order valence-corrected chi connectivity index (χ3v) is 4.64. The van der Waals surface area contributed by atoms with Gasteiger partial charge >= 0.3 is 0 Å². The number of benzene rings is 3. The average molecular weight is 405 g/mol. The third-order valence-electron chi connectivity index (χ3n) is 4.64. The first-order chi connectivity index (χ1) is 14.6. The van der Waals surface area contributed by atoms with Crippen LogP contribution in [-0.4, -0.2) is 29.8 Å². The summed E-state index contributed by atoms with van der Waals surface area (Å²) in [6.07, 6.45) is 0. The van der Waals surface area contributed by atoms with Crippen LogP contribution in [0.1, 0.15) is 5.56 Å². The van der Waals surface area contributed by atoms with Crippen molar-refractivity contribution in [1.29, 1.82) is 0 Å². The van der Waals surface area contributed by atoms with Crippen molar-refractivity contribution >= 4 is 22.6 Å². The van der Waals surface area contributed by atoms with E-state index in [1.54, 1.807) is 13.2 Å². The molecule has 4 rings (SSSR count). The Kier molecular flexibility index (Phi) is 5.72. The fourth-order valence-electron chi connectivity index (χ4n) is 3.19. The van der Waals surface area contributed by atoms with Gasteiger partial charge in [0.05, 0.1) is 19.2 Å². The minimum atomic E-state index is -0.348. The normalized spacial score (nSPS) is 10.9. The van der Waals surface area contributed by atoms with E-state index in [2.05, 4.69) is 15.5 Å². The number of nitrogens with zero attached hydrogens (tertiary/aromatic N) is 1. The Morgan fingerprint density at radius 2 is 1.93 bits per heavy atom. The highest BCUT2D eigenvalue weighted by Crippen LogP contribution is 2.33. The fraction of sp³-hybridized carbons (Fsp3) is 0.130. The highest BCUT2D eigenvalue weighted by molar-refractivity contribution is 6.01. The molecule has 152 valence electrons. The number of rotatable bonds is 7. The van der Waals surface area contributed by atoms with E-state index in [-0.39, 0.29) is 18.3 Å². The van der Waals surface area contributed by atoms with E-state index in [4.69, 9.17) is 9.47 Å². The molecule has 0 aliphatic rings. The van der Waals surface area contributed by atoms with Gasteiger partial charge in [-0.3, -0.25) is 9.89 Å². The maximum absolute atomic E-state index is 13.7. The Balaban J connectivity index is 1.46. The summed E-state index contributed by atoms with van der Waals surface area (Å²) in [6.45, 7) is 0.274. The van der Waals surface area contributed by atoms with Gasteiger partial charge in [-0.1, -0.05) is 36.4 Å². The number of carbonyl (C=O) groups excluding carboxylic acids is 1. The molecule has 6 nitrogen and oxygen atoms in total. The quantitative estimate of drug-likeness (QED) is 0.474. The molecule has 0 bridgehead atoms. The lowest BCUT2D eigenvalue weighted by Gasteiger charge is -2.09. The molecule has 0 radical (unpaired) electrons. The van der Waals surface area contributed by atoms with Gasteiger partial charge in [0.25, 0.3) is 5.91 Å². The van der Waals surface area contributed by atoms with Crippen molar-refractivity contribution in [2.75, 3.05) is 19.0 Å². The van der Waals surface area contributed by atoms with E-state index in [1.165, 1.54) is 12.1 Å². The summed E-state index contributed by atoms with van der Waals surface area (Å²) in [5.74, 6) is 0.338. The van der Waals surface area contributed by atoms with Gasteiger partial charge in [-0.2, -0.15) is 5.10 Å². The molecule has 0 aliphatic heterocycles. The zero-order valence-corrected chi connectivity index (χ0v) is 16.3. The Morgan fingerprint density at radius 1 is 1.10 bits per heavy atom. The summed E-state index contributed by atoms with van der Waals surface area (Å²) < 4.78 is 24.5. The van der Waals surface area contributed by atoms with Crippen LogP contribution in [0, 0.1) is 5.82 Å². The van der Waals surface area contributed by atoms with Crippen molar-refractivity contribution in [3.05, 3.63) is 78.1 Å². The van der Waals surface area contributed by atoms with Crippen LogP contribution in [0.5, 0.6) is 5.75 Å². The number of anilines is 1. The van der Waals surface area contributed by atoms with Crippen LogP contribution in [0.2, 0.25) is 0 Å². The minimum Gasteiger partial charge on any atom is -0.496 e. The second-order valence-corrected chi connectivity index (χ2v) is 6.70. The Morgan fingerprint density at radius 3 is 2.73 bits per heavy atom. The van der Waals surface area contributed by atoms with Gasteiger partial charge < -0.3 is 14.8 Å². The lowest BCUT2D eigenvalue weighted by Crippen LogP contribution is -2.18. The number of amides is 1. The Hall–Kier alpha value is -3.71. The predicted molar refractivity (Wildman–Crippen MR) is 113 cm³/mol. The monoisotopic (exact) mass is 405 g/mol. The largest absolute Gasteiger partial charge is 0.496 e. The van der Waals surface area contributed by atoms with Crippen LogP contribution < -0.4 is 10.1 Å². The van der Waals surface area contributed by atoms with E-state index in [1.807, 2.05) is 48.5 Å². The molecule has 0 unspecified atom stereocenters. The van der Waals surface area contributed by atoms with Crippen molar-refractivity contribution in [2.24, 2.45) is 0 Å². The van der Waals surface area contributed by atoms with E-state index < -0.39 is 0 Å². The summed E-state index contributed by atoms with van der Waals surface area (Å²) in [4.78, 5) is 12.2. The van der Waals surface area contributed by atoms with Crippen molar-refractivity contribution in [3.8, 4) is 16.9 Å². The zero-order valence-electron chi connectivity index (χ0n) is 16.3. The molecule has 30 heavy (non-hydrogen) atoms. The number of aromatic amines is 1. The molecule has 0 fully saturated rings. The van der Waals surface area contributed by atoms with E-state index >= 15 is 0 Å². The highest BCUT2D eigenvalue weighted by atomic mass is 19.1. The molecule has 1 heterocycles. The summed E-state index contributed by atoms with van der Waals surface area (Å²) in [5.41, 5.74) is 3.11. The molecular formula is C23H20FN3O3. The van der Waals surface area contributed by atoms with Gasteiger partial charge in [0.1, 0.15) is 18.2 Å². The van der Waals surface area contributed by atoms with Crippen LogP contribution in [0.4, 0.5) is 10.2 Å². The number of nitrogens with one attached hydrogen (secondary N) is 2. The predicted octanol–water partition coefficient (Wildman–Crippen LogP) is 4.53. The first-order valence-electron chi connectivity index (χ1n) is 9.37. The number of fused-ring (bicyclic) bond motifs is 1. The molecule has 1 amide bonds. The van der Waals surface area contributed by atoms with E-state index in [9.17, 15) is 9.18 Å². The number of ether oxygens (including phenoxy) is 2. The highest BCUT2D eigenvalue weighted by Gasteiger charge is 2.13. The number of hydrogen-bond acceptors (Lipinski definition) is 4. The molecule has 0 aliphatic carbocycles. The average Bonchev–Trinajstić information content (AvgIpc) is 3.16. The SMILES string of the molecule is COc1ccc(F)cc1-c1ccc2c(NC(=O)COCc3ccccc3)n[nH]c2c1. The van der Waals surface area contributed by atoms with Gasteiger partial charge in [0.2, 0.25) is 0 Å². The standard InChI is InChI=1S/C23H20FN3O3/c1-29-21-10-8-17(24)12-19(21)16-7-9-18-20(11-16)26-27-23(18)25-22(28)14-30-13-15-5-3-2-4-6-15/h2-12H,13-14H2,1H3,(H2,25,26,27,28). The minimum absolute atomic E-state index is 0.0815. The maximum Gasteiger partial charge on any atom is 0.251 e.